The summed E-state index contributed by atoms with van der Waals surface area (Å²) >= 11 is 0. The lowest BCUT2D eigenvalue weighted by Gasteiger charge is -2.35. The number of hydrogen-bond donors (Lipinski definition) is 3. The maximum absolute atomic E-state index is 12.3. The van der Waals surface area contributed by atoms with E-state index in [1.165, 1.54) is 6.33 Å². The summed E-state index contributed by atoms with van der Waals surface area (Å²) in [5, 5.41) is 13.0. The molecule has 1 fully saturated rings. The molecule has 1 saturated heterocycles. The number of hydrogen-bond acceptors (Lipinski definition) is 4. The molecule has 0 aromatic carbocycles. The second-order valence-corrected chi connectivity index (χ2v) is 5.21. The van der Waals surface area contributed by atoms with Crippen molar-refractivity contribution in [2.24, 2.45) is 5.41 Å². The minimum absolute atomic E-state index is 0.194. The standard InChI is InChI=1S/C13H23N5O/c1-2-13(6-4-7-14-9-13)12(19)15-8-3-5-11-16-10-17-18-11/h10,14H,2-9H2,1H3,(H,15,19)(H,16,17,18). The van der Waals surface area contributed by atoms with Gasteiger partial charge in [-0.05, 0) is 32.2 Å². The third-order valence-corrected chi connectivity index (χ3v) is 3.97. The van der Waals surface area contributed by atoms with E-state index in [2.05, 4.69) is 32.7 Å². The second-order valence-electron chi connectivity index (χ2n) is 5.21. The van der Waals surface area contributed by atoms with E-state index in [9.17, 15) is 4.79 Å². The summed E-state index contributed by atoms with van der Waals surface area (Å²) in [6, 6.07) is 0. The van der Waals surface area contributed by atoms with Crippen LogP contribution in [0.5, 0.6) is 0 Å². The van der Waals surface area contributed by atoms with Crippen molar-refractivity contribution in [1.29, 1.82) is 0 Å². The van der Waals surface area contributed by atoms with Gasteiger partial charge in [0.1, 0.15) is 12.2 Å². The number of rotatable bonds is 6. The van der Waals surface area contributed by atoms with E-state index in [1.54, 1.807) is 0 Å². The topological polar surface area (TPSA) is 82.7 Å². The van der Waals surface area contributed by atoms with E-state index in [4.69, 9.17) is 0 Å². The molecule has 19 heavy (non-hydrogen) atoms. The Morgan fingerprint density at radius 3 is 3.11 bits per heavy atom. The molecule has 1 aromatic rings. The van der Waals surface area contributed by atoms with Gasteiger partial charge in [0.25, 0.3) is 0 Å². The van der Waals surface area contributed by atoms with E-state index < -0.39 is 0 Å². The average molecular weight is 265 g/mol. The van der Waals surface area contributed by atoms with Crippen molar-refractivity contribution in [3.05, 3.63) is 12.2 Å². The predicted octanol–water partition coefficient (Wildman–Crippen LogP) is 0.633. The molecule has 2 heterocycles. The smallest absolute Gasteiger partial charge is 0.227 e. The first-order valence-corrected chi connectivity index (χ1v) is 7.10. The monoisotopic (exact) mass is 265 g/mol. The summed E-state index contributed by atoms with van der Waals surface area (Å²) in [4.78, 5) is 16.4. The molecular formula is C13H23N5O. The molecule has 6 nitrogen and oxygen atoms in total. The molecule has 2 rings (SSSR count). The van der Waals surface area contributed by atoms with Crippen molar-refractivity contribution >= 4 is 5.91 Å². The Bertz CT molecular complexity index is 384. The van der Waals surface area contributed by atoms with Crippen molar-refractivity contribution in [3.8, 4) is 0 Å². The van der Waals surface area contributed by atoms with Crippen molar-refractivity contribution < 1.29 is 4.79 Å². The first kappa shape index (κ1) is 14.0. The van der Waals surface area contributed by atoms with E-state index in [1.807, 2.05) is 0 Å². The van der Waals surface area contributed by atoms with Gasteiger partial charge in [-0.25, -0.2) is 4.98 Å². The van der Waals surface area contributed by atoms with Crippen LogP contribution >= 0.6 is 0 Å². The molecule has 1 amide bonds. The van der Waals surface area contributed by atoms with Gasteiger partial charge in [-0.1, -0.05) is 6.92 Å². The van der Waals surface area contributed by atoms with Crippen LogP contribution in [0.15, 0.2) is 6.33 Å². The van der Waals surface area contributed by atoms with Crippen molar-refractivity contribution in [3.63, 3.8) is 0 Å². The highest BCUT2D eigenvalue weighted by molar-refractivity contribution is 5.82. The molecule has 1 aliphatic heterocycles. The maximum Gasteiger partial charge on any atom is 0.227 e. The Labute approximate surface area is 113 Å². The Morgan fingerprint density at radius 2 is 2.47 bits per heavy atom. The lowest BCUT2D eigenvalue weighted by Crippen LogP contribution is -2.50. The van der Waals surface area contributed by atoms with E-state index >= 15 is 0 Å². The Balaban J connectivity index is 1.73. The molecule has 3 N–H and O–H groups in total. The molecule has 1 atom stereocenters. The van der Waals surface area contributed by atoms with E-state index in [0.717, 1.165) is 51.0 Å². The van der Waals surface area contributed by atoms with Gasteiger partial charge in [-0.15, -0.1) is 0 Å². The van der Waals surface area contributed by atoms with E-state index in [-0.39, 0.29) is 11.3 Å². The number of amides is 1. The van der Waals surface area contributed by atoms with Crippen LogP contribution in [0.4, 0.5) is 0 Å². The lowest BCUT2D eigenvalue weighted by molar-refractivity contribution is -0.132. The van der Waals surface area contributed by atoms with Crippen LogP contribution in [-0.2, 0) is 11.2 Å². The fourth-order valence-electron chi connectivity index (χ4n) is 2.62. The fourth-order valence-corrected chi connectivity index (χ4v) is 2.62. The van der Waals surface area contributed by atoms with Gasteiger partial charge in [-0.3, -0.25) is 9.89 Å². The van der Waals surface area contributed by atoms with Crippen LogP contribution < -0.4 is 10.6 Å². The van der Waals surface area contributed by atoms with Crippen LogP contribution in [0, 0.1) is 5.41 Å². The number of aryl methyl sites for hydroxylation is 1. The minimum atomic E-state index is -0.204. The molecule has 1 aromatic heterocycles. The summed E-state index contributed by atoms with van der Waals surface area (Å²) in [6.45, 7) is 4.63. The third-order valence-electron chi connectivity index (χ3n) is 3.97. The van der Waals surface area contributed by atoms with Crippen LogP contribution in [0.1, 0.15) is 38.4 Å². The summed E-state index contributed by atoms with van der Waals surface area (Å²) in [5.74, 6) is 1.07. The summed E-state index contributed by atoms with van der Waals surface area (Å²) in [5.41, 5.74) is -0.204. The van der Waals surface area contributed by atoms with Gasteiger partial charge in [0, 0.05) is 19.5 Å². The summed E-state index contributed by atoms with van der Waals surface area (Å²) in [6.07, 6.45) is 6.18. The molecule has 1 aliphatic rings. The van der Waals surface area contributed by atoms with Gasteiger partial charge < -0.3 is 10.6 Å². The highest BCUT2D eigenvalue weighted by Crippen LogP contribution is 2.30. The number of carbonyl (C=O) groups excluding carboxylic acids is 1. The Morgan fingerprint density at radius 1 is 1.58 bits per heavy atom. The number of H-pyrrole nitrogens is 1. The van der Waals surface area contributed by atoms with Gasteiger partial charge in [0.15, 0.2) is 0 Å². The van der Waals surface area contributed by atoms with Gasteiger partial charge >= 0.3 is 0 Å². The molecule has 0 radical (unpaired) electrons. The van der Waals surface area contributed by atoms with Gasteiger partial charge in [-0.2, -0.15) is 5.10 Å². The molecule has 106 valence electrons. The SMILES string of the molecule is CCC1(C(=O)NCCCc2ncn[nH]2)CCCNC1. The van der Waals surface area contributed by atoms with E-state index in [0.29, 0.717) is 6.54 Å². The molecule has 0 bridgehead atoms. The molecule has 0 spiro atoms. The number of aromatic nitrogens is 3. The largest absolute Gasteiger partial charge is 0.356 e. The predicted molar refractivity (Wildman–Crippen MR) is 72.5 cm³/mol. The van der Waals surface area contributed by atoms with Crippen molar-refractivity contribution in [1.82, 2.24) is 25.8 Å². The molecule has 0 aliphatic carbocycles. The zero-order chi connectivity index (χ0) is 13.6. The minimum Gasteiger partial charge on any atom is -0.356 e. The fraction of sp³-hybridized carbons (Fsp3) is 0.769. The van der Waals surface area contributed by atoms with Crippen molar-refractivity contribution in [2.75, 3.05) is 19.6 Å². The molecule has 6 heteroatoms. The zero-order valence-corrected chi connectivity index (χ0v) is 11.5. The summed E-state index contributed by atoms with van der Waals surface area (Å²) in [7, 11) is 0. The normalized spacial score (nSPS) is 23.2. The Kier molecular flexibility index (Phi) is 4.90. The van der Waals surface area contributed by atoms with Gasteiger partial charge in [0.05, 0.1) is 5.41 Å². The Hall–Kier alpha value is -1.43. The first-order chi connectivity index (χ1) is 9.27. The highest BCUT2D eigenvalue weighted by Gasteiger charge is 2.37. The number of nitrogens with zero attached hydrogens (tertiary/aromatic N) is 2. The maximum atomic E-state index is 12.3. The second kappa shape index (κ2) is 6.65. The number of aromatic amines is 1. The van der Waals surface area contributed by atoms with Crippen LogP contribution in [-0.4, -0.2) is 40.7 Å². The van der Waals surface area contributed by atoms with Crippen LogP contribution in [0.2, 0.25) is 0 Å². The lowest BCUT2D eigenvalue weighted by atomic mass is 9.77. The summed E-state index contributed by atoms with van der Waals surface area (Å²) < 4.78 is 0. The molecule has 1 unspecified atom stereocenters. The third kappa shape index (κ3) is 3.53. The van der Waals surface area contributed by atoms with Gasteiger partial charge in [0.2, 0.25) is 5.91 Å². The molecule has 0 saturated carbocycles. The number of nitrogens with one attached hydrogen (secondary N) is 3. The average Bonchev–Trinajstić information content (AvgIpc) is 2.97. The quantitative estimate of drug-likeness (QED) is 0.659. The highest BCUT2D eigenvalue weighted by atomic mass is 16.2. The van der Waals surface area contributed by atoms with Crippen molar-refractivity contribution in [2.45, 2.75) is 39.0 Å². The first-order valence-electron chi connectivity index (χ1n) is 7.10. The molecular weight excluding hydrogens is 242 g/mol. The zero-order valence-electron chi connectivity index (χ0n) is 11.5. The number of carbonyl (C=O) groups is 1. The number of piperidine rings is 1. The van der Waals surface area contributed by atoms with Crippen LogP contribution in [0.25, 0.3) is 0 Å². The van der Waals surface area contributed by atoms with Crippen LogP contribution in [0.3, 0.4) is 0 Å².